The van der Waals surface area contributed by atoms with Gasteiger partial charge in [0.2, 0.25) is 0 Å². The number of hydrogen-bond donors (Lipinski definition) is 0. The van der Waals surface area contributed by atoms with E-state index >= 15 is 0 Å². The van der Waals surface area contributed by atoms with Crippen molar-refractivity contribution in [3.8, 4) is 11.1 Å². The number of hydrogen-bond acceptors (Lipinski definition) is 2. The lowest BCUT2D eigenvalue weighted by Crippen LogP contribution is -2.06. The maximum Gasteiger partial charge on any atom is 0.339 e. The molecule has 2 aliphatic rings. The van der Waals surface area contributed by atoms with Crippen molar-refractivity contribution in [2.45, 2.75) is 26.7 Å². The van der Waals surface area contributed by atoms with Crippen LogP contribution < -0.4 is 0 Å². The summed E-state index contributed by atoms with van der Waals surface area (Å²) < 4.78 is 5.23. The van der Waals surface area contributed by atoms with Crippen molar-refractivity contribution in [3.05, 3.63) is 59.7 Å². The predicted molar refractivity (Wildman–Crippen MR) is 82.4 cm³/mol. The summed E-state index contributed by atoms with van der Waals surface area (Å²) in [5, 5.41) is 0. The number of esters is 1. The molecule has 0 N–H and O–H groups in total. The van der Waals surface area contributed by atoms with Crippen molar-refractivity contribution in [2.75, 3.05) is 6.61 Å². The minimum atomic E-state index is -0.273. The normalized spacial score (nSPS) is 10.8. The van der Waals surface area contributed by atoms with Gasteiger partial charge in [0.05, 0.1) is 5.56 Å². The molecule has 2 nitrogen and oxygen atoms in total. The predicted octanol–water partition coefficient (Wildman–Crippen LogP) is 4.57. The number of carbonyl (C=O) groups is 1. The molecular formula is C18H20O2. The van der Waals surface area contributed by atoms with Crippen molar-refractivity contribution in [2.24, 2.45) is 0 Å². The molecule has 104 valence electrons. The van der Waals surface area contributed by atoms with Crippen LogP contribution >= 0.6 is 0 Å². The van der Waals surface area contributed by atoms with Crippen LogP contribution in [-0.2, 0) is 4.74 Å². The van der Waals surface area contributed by atoms with Crippen LogP contribution in [-0.4, -0.2) is 12.6 Å². The van der Waals surface area contributed by atoms with Crippen LogP contribution in [0.4, 0.5) is 0 Å². The van der Waals surface area contributed by atoms with E-state index < -0.39 is 0 Å². The molecule has 0 heterocycles. The minimum Gasteiger partial charge on any atom is -0.458 e. The molecule has 20 heavy (non-hydrogen) atoms. The van der Waals surface area contributed by atoms with Gasteiger partial charge in [0.1, 0.15) is 6.61 Å². The molecule has 0 unspecified atom stereocenters. The van der Waals surface area contributed by atoms with Crippen LogP contribution in [0, 0.1) is 6.92 Å². The topological polar surface area (TPSA) is 26.3 Å². The van der Waals surface area contributed by atoms with Crippen molar-refractivity contribution in [3.63, 3.8) is 0 Å². The van der Waals surface area contributed by atoms with E-state index in [4.69, 9.17) is 4.74 Å². The van der Waals surface area contributed by atoms with Gasteiger partial charge in [-0.15, -0.1) is 0 Å². The van der Waals surface area contributed by atoms with Crippen molar-refractivity contribution in [1.29, 1.82) is 0 Å². The lowest BCUT2D eigenvalue weighted by atomic mass is 9.98. The molecule has 0 bridgehead atoms. The lowest BCUT2D eigenvalue weighted by Gasteiger charge is -2.07. The second-order valence-electron chi connectivity index (χ2n) is 5.19. The van der Waals surface area contributed by atoms with E-state index in [1.807, 2.05) is 31.2 Å². The molecule has 2 aliphatic carbocycles. The minimum absolute atomic E-state index is 0.237. The largest absolute Gasteiger partial charge is 0.458 e. The Morgan fingerprint density at radius 3 is 2.50 bits per heavy atom. The first kappa shape index (κ1) is 14.3. The highest BCUT2D eigenvalue weighted by atomic mass is 16.5. The molecular weight excluding hydrogens is 248 g/mol. The molecule has 0 saturated carbocycles. The molecule has 2 heteroatoms. The van der Waals surface area contributed by atoms with Gasteiger partial charge >= 0.3 is 5.97 Å². The third-order valence-electron chi connectivity index (χ3n) is 3.49. The fourth-order valence-electron chi connectivity index (χ4n) is 2.75. The Bertz CT molecular complexity index is 611. The molecule has 0 saturated heterocycles. The third-order valence-corrected chi connectivity index (χ3v) is 3.49. The zero-order valence-electron chi connectivity index (χ0n) is 12.3. The van der Waals surface area contributed by atoms with E-state index in [-0.39, 0.29) is 12.6 Å². The Kier molecular flexibility index (Phi) is 4.23. The SMILES string of the molecule is C=CCOC(=O)c1c2cccccc-2c(C(C)C)c1C. The first-order valence-electron chi connectivity index (χ1n) is 6.87. The van der Waals surface area contributed by atoms with Gasteiger partial charge in [0.15, 0.2) is 0 Å². The second-order valence-corrected chi connectivity index (χ2v) is 5.19. The zero-order valence-corrected chi connectivity index (χ0v) is 12.3. The third kappa shape index (κ3) is 2.46. The standard InChI is InChI=1S/C18H20O2/c1-5-11-20-18(19)17-13(4)16(12(2)3)14-9-7-6-8-10-15(14)17/h5-10,12H,1,11H2,2-4H3. The van der Waals surface area contributed by atoms with Crippen LogP contribution in [0.1, 0.15) is 41.3 Å². The number of fused-ring (bicyclic) bond motifs is 1. The van der Waals surface area contributed by atoms with E-state index in [1.54, 1.807) is 6.08 Å². The lowest BCUT2D eigenvalue weighted by molar-refractivity contribution is 0.0550. The Hall–Kier alpha value is -2.09. The average Bonchev–Trinajstić information content (AvgIpc) is 2.55. The maximum absolute atomic E-state index is 12.3. The monoisotopic (exact) mass is 268 g/mol. The highest BCUT2D eigenvalue weighted by Gasteiger charge is 2.26. The number of carbonyl (C=O) groups excluding carboxylic acids is 1. The molecule has 0 aromatic heterocycles. The molecule has 0 radical (unpaired) electrons. The van der Waals surface area contributed by atoms with Crippen LogP contribution in [0.2, 0.25) is 0 Å². The average molecular weight is 268 g/mol. The fraction of sp³-hybridized carbons (Fsp3) is 0.278. The Balaban J connectivity index is 2.64. The van der Waals surface area contributed by atoms with Gasteiger partial charge in [-0.3, -0.25) is 0 Å². The van der Waals surface area contributed by atoms with E-state index in [1.165, 1.54) is 5.56 Å². The molecule has 0 aromatic carbocycles. The molecule has 0 aliphatic heterocycles. The van der Waals surface area contributed by atoms with Crippen LogP contribution in [0.15, 0.2) is 43.0 Å². The van der Waals surface area contributed by atoms with Gasteiger partial charge in [0, 0.05) is 0 Å². The summed E-state index contributed by atoms with van der Waals surface area (Å²) >= 11 is 0. The van der Waals surface area contributed by atoms with Crippen molar-refractivity contribution >= 4 is 5.97 Å². The zero-order chi connectivity index (χ0) is 14.7. The summed E-state index contributed by atoms with van der Waals surface area (Å²) in [5.41, 5.74) is 5.03. The highest BCUT2D eigenvalue weighted by Crippen LogP contribution is 2.40. The first-order chi connectivity index (χ1) is 9.57. The highest BCUT2D eigenvalue weighted by molar-refractivity contribution is 6.02. The molecule has 0 spiro atoms. The Morgan fingerprint density at radius 1 is 1.25 bits per heavy atom. The van der Waals surface area contributed by atoms with Gasteiger partial charge in [-0.2, -0.15) is 0 Å². The molecule has 0 fully saturated rings. The van der Waals surface area contributed by atoms with Gasteiger partial charge in [-0.25, -0.2) is 4.79 Å². The summed E-state index contributed by atoms with van der Waals surface area (Å²) in [6, 6.07) is 9.99. The summed E-state index contributed by atoms with van der Waals surface area (Å²) in [5.74, 6) is 0.0892. The van der Waals surface area contributed by atoms with Crippen LogP contribution in [0.25, 0.3) is 11.1 Å². The molecule has 0 aromatic rings. The van der Waals surface area contributed by atoms with Gasteiger partial charge in [-0.1, -0.05) is 56.8 Å². The molecule has 0 atom stereocenters. The molecule has 0 amide bonds. The maximum atomic E-state index is 12.3. The smallest absolute Gasteiger partial charge is 0.339 e. The van der Waals surface area contributed by atoms with Gasteiger partial charge < -0.3 is 4.74 Å². The van der Waals surface area contributed by atoms with E-state index in [9.17, 15) is 4.79 Å². The van der Waals surface area contributed by atoms with E-state index in [0.29, 0.717) is 11.5 Å². The summed E-state index contributed by atoms with van der Waals surface area (Å²) in [7, 11) is 0. The van der Waals surface area contributed by atoms with E-state index in [2.05, 4.69) is 26.5 Å². The van der Waals surface area contributed by atoms with Crippen molar-refractivity contribution in [1.82, 2.24) is 0 Å². The Labute approximate surface area is 120 Å². The molecule has 2 rings (SSSR count). The van der Waals surface area contributed by atoms with Gasteiger partial charge in [-0.05, 0) is 35.1 Å². The van der Waals surface area contributed by atoms with E-state index in [0.717, 1.165) is 16.7 Å². The van der Waals surface area contributed by atoms with Crippen LogP contribution in [0.5, 0.6) is 0 Å². The van der Waals surface area contributed by atoms with Gasteiger partial charge in [0.25, 0.3) is 0 Å². The fourth-order valence-corrected chi connectivity index (χ4v) is 2.75. The van der Waals surface area contributed by atoms with Crippen molar-refractivity contribution < 1.29 is 9.53 Å². The number of ether oxygens (including phenoxy) is 1. The first-order valence-corrected chi connectivity index (χ1v) is 6.87. The van der Waals surface area contributed by atoms with Crippen LogP contribution in [0.3, 0.4) is 0 Å². The summed E-state index contributed by atoms with van der Waals surface area (Å²) in [6.07, 6.45) is 1.59. The summed E-state index contributed by atoms with van der Waals surface area (Å²) in [6.45, 7) is 10.1. The quantitative estimate of drug-likeness (QED) is 0.600. The summed E-state index contributed by atoms with van der Waals surface area (Å²) in [4.78, 5) is 12.3. The number of rotatable bonds is 4. The second kappa shape index (κ2) is 5.91. The Morgan fingerprint density at radius 2 is 1.90 bits per heavy atom.